The molecule has 9 nitrogen and oxygen atoms in total. The summed E-state index contributed by atoms with van der Waals surface area (Å²) < 4.78 is 30.0. The minimum absolute atomic E-state index is 0.0208. The second kappa shape index (κ2) is 8.91. The summed E-state index contributed by atoms with van der Waals surface area (Å²) in [6, 6.07) is 2.81. The van der Waals surface area contributed by atoms with Gasteiger partial charge in [0.25, 0.3) is 5.56 Å². The number of aromatic nitrogens is 3. The SMILES string of the molecule is CCN(CC)S(=O)(=O)c1ccc(=O)n(CC(=O)N2CCC(n3ccnc3)CC2)c1. The number of nitrogens with zero attached hydrogens (tertiary/aromatic N) is 5. The standard InChI is InChI=1S/C19H27N5O4S/c1-3-24(4-2)29(27,28)17-5-6-18(25)23(13-17)14-19(26)21-10-7-16(8-11-21)22-12-9-20-15-22/h5-6,9,12-13,15-16H,3-4,7-8,10-11,14H2,1-2H3. The van der Waals surface area contributed by atoms with Gasteiger partial charge in [0, 0.05) is 56.9 Å². The van der Waals surface area contributed by atoms with Crippen molar-refractivity contribution in [2.45, 2.75) is 44.2 Å². The molecule has 2 aromatic heterocycles. The van der Waals surface area contributed by atoms with E-state index >= 15 is 0 Å². The fraction of sp³-hybridized carbons (Fsp3) is 0.526. The first-order valence-corrected chi connectivity index (χ1v) is 11.3. The van der Waals surface area contributed by atoms with E-state index in [9.17, 15) is 18.0 Å². The van der Waals surface area contributed by atoms with Crippen molar-refractivity contribution in [1.29, 1.82) is 0 Å². The third-order valence-electron chi connectivity index (χ3n) is 5.37. The van der Waals surface area contributed by atoms with E-state index in [1.54, 1.807) is 31.3 Å². The number of hydrogen-bond donors (Lipinski definition) is 0. The van der Waals surface area contributed by atoms with Crippen molar-refractivity contribution in [3.05, 3.63) is 47.4 Å². The Hall–Kier alpha value is -2.46. The Kier molecular flexibility index (Phi) is 6.53. The number of rotatable bonds is 7. The van der Waals surface area contributed by atoms with Crippen molar-refractivity contribution < 1.29 is 13.2 Å². The molecule has 1 fully saturated rings. The summed E-state index contributed by atoms with van der Waals surface area (Å²) in [6.07, 6.45) is 8.34. The van der Waals surface area contributed by atoms with Crippen LogP contribution in [-0.2, 0) is 21.4 Å². The highest BCUT2D eigenvalue weighted by atomic mass is 32.2. The monoisotopic (exact) mass is 421 g/mol. The molecule has 1 amide bonds. The van der Waals surface area contributed by atoms with E-state index in [4.69, 9.17) is 0 Å². The largest absolute Gasteiger partial charge is 0.341 e. The molecule has 1 saturated heterocycles. The Morgan fingerprint density at radius 1 is 1.21 bits per heavy atom. The van der Waals surface area contributed by atoms with Gasteiger partial charge in [0.05, 0.1) is 11.2 Å². The molecule has 29 heavy (non-hydrogen) atoms. The summed E-state index contributed by atoms with van der Waals surface area (Å²) in [7, 11) is -3.69. The molecule has 0 bridgehead atoms. The first-order valence-electron chi connectivity index (χ1n) is 9.82. The van der Waals surface area contributed by atoms with Gasteiger partial charge in [-0.2, -0.15) is 4.31 Å². The topological polar surface area (TPSA) is 97.5 Å². The third kappa shape index (κ3) is 4.59. The van der Waals surface area contributed by atoms with Gasteiger partial charge in [-0.3, -0.25) is 9.59 Å². The number of hydrogen-bond acceptors (Lipinski definition) is 5. The molecule has 2 aromatic rings. The van der Waals surface area contributed by atoms with Crippen LogP contribution in [0.25, 0.3) is 0 Å². The minimum atomic E-state index is -3.69. The van der Waals surface area contributed by atoms with Crippen LogP contribution in [0.15, 0.2) is 46.7 Å². The molecule has 0 saturated carbocycles. The van der Waals surface area contributed by atoms with Gasteiger partial charge in [0.15, 0.2) is 0 Å². The van der Waals surface area contributed by atoms with Crippen LogP contribution in [-0.4, -0.2) is 63.8 Å². The van der Waals surface area contributed by atoms with Crippen molar-refractivity contribution in [3.63, 3.8) is 0 Å². The summed E-state index contributed by atoms with van der Waals surface area (Å²) in [4.78, 5) is 30.7. The Balaban J connectivity index is 1.70. The van der Waals surface area contributed by atoms with E-state index in [2.05, 4.69) is 4.98 Å². The zero-order valence-corrected chi connectivity index (χ0v) is 17.6. The summed E-state index contributed by atoms with van der Waals surface area (Å²) in [5.74, 6) is -0.187. The van der Waals surface area contributed by atoms with Crippen molar-refractivity contribution >= 4 is 15.9 Å². The molecule has 10 heteroatoms. The van der Waals surface area contributed by atoms with Crippen LogP contribution in [0.5, 0.6) is 0 Å². The Morgan fingerprint density at radius 3 is 2.48 bits per heavy atom. The van der Waals surface area contributed by atoms with Gasteiger partial charge in [-0.1, -0.05) is 13.8 Å². The lowest BCUT2D eigenvalue weighted by molar-refractivity contribution is -0.133. The van der Waals surface area contributed by atoms with Crippen molar-refractivity contribution in [2.75, 3.05) is 26.2 Å². The summed E-state index contributed by atoms with van der Waals surface area (Å²) in [5, 5.41) is 0. The van der Waals surface area contributed by atoms with E-state index in [-0.39, 0.29) is 17.3 Å². The first kappa shape index (κ1) is 21.3. The molecule has 158 valence electrons. The van der Waals surface area contributed by atoms with Crippen LogP contribution < -0.4 is 5.56 Å². The van der Waals surface area contributed by atoms with Crippen molar-refractivity contribution in [3.8, 4) is 0 Å². The van der Waals surface area contributed by atoms with Crippen molar-refractivity contribution in [1.82, 2.24) is 23.3 Å². The number of imidazole rings is 1. The highest BCUT2D eigenvalue weighted by molar-refractivity contribution is 7.89. The molecule has 0 spiro atoms. The van der Waals surface area contributed by atoms with E-state index in [0.29, 0.717) is 32.2 Å². The van der Waals surface area contributed by atoms with Crippen LogP contribution in [0.3, 0.4) is 0 Å². The maximum Gasteiger partial charge on any atom is 0.251 e. The molecular formula is C19H27N5O4S. The summed E-state index contributed by atoms with van der Waals surface area (Å²) >= 11 is 0. The molecule has 3 heterocycles. The van der Waals surface area contributed by atoms with Crippen molar-refractivity contribution in [2.24, 2.45) is 0 Å². The molecule has 0 aliphatic carbocycles. The van der Waals surface area contributed by atoms with Gasteiger partial charge in [0.2, 0.25) is 15.9 Å². The van der Waals surface area contributed by atoms with E-state index in [1.807, 2.05) is 10.8 Å². The lowest BCUT2D eigenvalue weighted by atomic mass is 10.0. The Morgan fingerprint density at radius 2 is 1.90 bits per heavy atom. The quantitative estimate of drug-likeness (QED) is 0.663. The number of piperidine rings is 1. The summed E-state index contributed by atoms with van der Waals surface area (Å²) in [5.41, 5.74) is -0.398. The maximum absolute atomic E-state index is 12.7. The number of likely N-dealkylation sites (tertiary alicyclic amines) is 1. The number of sulfonamides is 1. The lowest BCUT2D eigenvalue weighted by Crippen LogP contribution is -2.42. The maximum atomic E-state index is 12.7. The zero-order valence-electron chi connectivity index (χ0n) is 16.8. The van der Waals surface area contributed by atoms with Crippen LogP contribution >= 0.6 is 0 Å². The predicted octanol–water partition coefficient (Wildman–Crippen LogP) is 0.939. The van der Waals surface area contributed by atoms with Gasteiger partial charge in [-0.05, 0) is 18.9 Å². The molecule has 0 atom stereocenters. The van der Waals surface area contributed by atoms with Gasteiger partial charge in [-0.25, -0.2) is 13.4 Å². The minimum Gasteiger partial charge on any atom is -0.341 e. The molecule has 0 unspecified atom stereocenters. The van der Waals surface area contributed by atoms with E-state index < -0.39 is 15.6 Å². The summed E-state index contributed by atoms with van der Waals surface area (Å²) in [6.45, 7) is 5.20. The molecular weight excluding hydrogens is 394 g/mol. The fourth-order valence-electron chi connectivity index (χ4n) is 3.64. The normalized spacial score (nSPS) is 15.8. The molecule has 0 radical (unpaired) electrons. The van der Waals surface area contributed by atoms with Gasteiger partial charge in [-0.15, -0.1) is 0 Å². The second-order valence-corrected chi connectivity index (χ2v) is 8.98. The van der Waals surface area contributed by atoms with E-state index in [0.717, 1.165) is 12.8 Å². The second-order valence-electron chi connectivity index (χ2n) is 7.04. The van der Waals surface area contributed by atoms with Gasteiger partial charge >= 0.3 is 0 Å². The smallest absolute Gasteiger partial charge is 0.251 e. The Bertz CT molecular complexity index is 988. The number of carbonyl (C=O) groups is 1. The molecule has 1 aliphatic heterocycles. The first-order chi connectivity index (χ1) is 13.9. The molecule has 0 aromatic carbocycles. The predicted molar refractivity (Wildman–Crippen MR) is 108 cm³/mol. The number of amides is 1. The Labute approximate surface area is 170 Å². The fourth-order valence-corrected chi connectivity index (χ4v) is 5.12. The number of pyridine rings is 1. The van der Waals surface area contributed by atoms with Crippen LogP contribution in [0.2, 0.25) is 0 Å². The number of carbonyl (C=O) groups excluding carboxylic acids is 1. The van der Waals surface area contributed by atoms with Gasteiger partial charge in [0.1, 0.15) is 6.54 Å². The van der Waals surface area contributed by atoms with Crippen LogP contribution in [0, 0.1) is 0 Å². The van der Waals surface area contributed by atoms with Gasteiger partial charge < -0.3 is 14.0 Å². The lowest BCUT2D eigenvalue weighted by Gasteiger charge is -2.32. The van der Waals surface area contributed by atoms with Crippen LogP contribution in [0.1, 0.15) is 32.7 Å². The molecule has 0 N–H and O–H groups in total. The zero-order chi connectivity index (χ0) is 21.0. The van der Waals surface area contributed by atoms with E-state index in [1.165, 1.54) is 27.2 Å². The molecule has 1 aliphatic rings. The highest BCUT2D eigenvalue weighted by Gasteiger charge is 2.25. The average molecular weight is 422 g/mol. The third-order valence-corrected chi connectivity index (χ3v) is 7.40. The van der Waals surface area contributed by atoms with Crippen LogP contribution in [0.4, 0.5) is 0 Å². The highest BCUT2D eigenvalue weighted by Crippen LogP contribution is 2.22. The molecule has 3 rings (SSSR count). The average Bonchev–Trinajstić information content (AvgIpc) is 3.25.